The molecule has 0 amide bonds. The molecule has 0 aromatic heterocycles. The molecule has 0 radical (unpaired) electrons. The molecule has 0 aromatic rings. The van der Waals surface area contributed by atoms with Crippen molar-refractivity contribution in [2.75, 3.05) is 47.5 Å². The van der Waals surface area contributed by atoms with Gasteiger partial charge in [0.05, 0.1) is 33.9 Å². The summed E-state index contributed by atoms with van der Waals surface area (Å²) < 4.78 is 34.2. The van der Waals surface area contributed by atoms with Crippen molar-refractivity contribution in [3.05, 3.63) is 85.1 Å². The summed E-state index contributed by atoms with van der Waals surface area (Å²) in [5, 5.41) is 10.2. The quantitative estimate of drug-likeness (QED) is 0.0205. The largest absolute Gasteiger partial charge is 0.472 e. The van der Waals surface area contributed by atoms with Crippen LogP contribution in [-0.2, 0) is 37.5 Å². The molecule has 1 rings (SSSR count). The average molecular weight is 861 g/mol. The Kier molecular flexibility index (Phi) is 31.5. The van der Waals surface area contributed by atoms with Gasteiger partial charge in [-0.2, -0.15) is 0 Å². The Hall–Kier alpha value is -3.18. The number of unbranched alkanes of at least 4 members (excludes halogenated alkanes) is 7. The third kappa shape index (κ3) is 31.7. The predicted octanol–water partition coefficient (Wildman–Crippen LogP) is 10.4. The molecule has 340 valence electrons. The highest BCUT2D eigenvalue weighted by molar-refractivity contribution is 7.47. The van der Waals surface area contributed by atoms with Gasteiger partial charge in [0.2, 0.25) is 0 Å². The number of ether oxygens (including phenoxy) is 2. The van der Waals surface area contributed by atoms with E-state index < -0.39 is 38.6 Å². The minimum atomic E-state index is -4.44. The van der Waals surface area contributed by atoms with Crippen LogP contribution < -0.4 is 0 Å². The van der Waals surface area contributed by atoms with Crippen LogP contribution in [0, 0.1) is 11.8 Å². The van der Waals surface area contributed by atoms with Gasteiger partial charge < -0.3 is 24.0 Å². The lowest BCUT2D eigenvalue weighted by Gasteiger charge is -2.24. The van der Waals surface area contributed by atoms with Crippen molar-refractivity contribution in [3.8, 4) is 0 Å². The predicted molar refractivity (Wildman–Crippen MR) is 242 cm³/mol. The number of phosphoric acid groups is 1. The fraction of sp³-hybridized carbons (Fsp3) is 0.646. The van der Waals surface area contributed by atoms with E-state index >= 15 is 0 Å². The second kappa shape index (κ2) is 34.4. The molecule has 11 nitrogen and oxygen atoms in total. The maximum atomic E-state index is 12.7. The van der Waals surface area contributed by atoms with Gasteiger partial charge in [0.15, 0.2) is 11.9 Å². The summed E-state index contributed by atoms with van der Waals surface area (Å²) in [6.45, 7) is 3.92. The Labute approximate surface area is 362 Å². The SMILES string of the molecule is CC/C=C\C/C=C\C/C=C\C/C=C\CCCCCCC(=O)O[C@H](COC(=O)CCC/C=C\C[C@H]1C=CC(=O)[C@@H]1/C=C/[C@@H](O)CCCCC)COP(=O)(O)OCC[N+](C)(C)C. The van der Waals surface area contributed by atoms with Crippen LogP contribution in [0.15, 0.2) is 85.1 Å². The number of hydrogen-bond acceptors (Lipinski definition) is 9. The monoisotopic (exact) mass is 861 g/mol. The summed E-state index contributed by atoms with van der Waals surface area (Å²) in [5.41, 5.74) is 0. The molecular weight excluding hydrogens is 781 g/mol. The van der Waals surface area contributed by atoms with Gasteiger partial charge in [0.25, 0.3) is 0 Å². The maximum absolute atomic E-state index is 12.7. The van der Waals surface area contributed by atoms with Crippen LogP contribution in [0.25, 0.3) is 0 Å². The number of rotatable bonds is 36. The molecule has 0 saturated carbocycles. The fourth-order valence-corrected chi connectivity index (χ4v) is 6.79. The van der Waals surface area contributed by atoms with Crippen molar-refractivity contribution in [1.29, 1.82) is 0 Å². The van der Waals surface area contributed by atoms with Crippen molar-refractivity contribution in [3.63, 3.8) is 0 Å². The summed E-state index contributed by atoms with van der Waals surface area (Å²) >= 11 is 0. The van der Waals surface area contributed by atoms with E-state index in [1.807, 2.05) is 45.4 Å². The minimum Gasteiger partial charge on any atom is -0.462 e. The zero-order valence-electron chi connectivity index (χ0n) is 37.5. The summed E-state index contributed by atoms with van der Waals surface area (Å²) in [6, 6.07) is 0. The fourth-order valence-electron chi connectivity index (χ4n) is 6.05. The van der Waals surface area contributed by atoms with Crippen molar-refractivity contribution in [1.82, 2.24) is 0 Å². The third-order valence-electron chi connectivity index (χ3n) is 9.66. The lowest BCUT2D eigenvalue weighted by Crippen LogP contribution is -2.37. The van der Waals surface area contributed by atoms with E-state index in [1.165, 1.54) is 0 Å². The molecule has 0 bridgehead atoms. The molecule has 0 aromatic carbocycles. The molecule has 2 N–H and O–H groups in total. The Bertz CT molecular complexity index is 1440. The number of likely N-dealkylation sites (N-methyl/N-ethyl adjacent to an activating group) is 1. The van der Waals surface area contributed by atoms with Crippen molar-refractivity contribution in [2.45, 2.75) is 142 Å². The van der Waals surface area contributed by atoms with Gasteiger partial charge in [-0.25, -0.2) is 4.57 Å². The molecule has 0 fully saturated rings. The van der Waals surface area contributed by atoms with Gasteiger partial charge in [-0.15, -0.1) is 0 Å². The van der Waals surface area contributed by atoms with E-state index in [4.69, 9.17) is 18.5 Å². The first kappa shape index (κ1) is 54.8. The smallest absolute Gasteiger partial charge is 0.462 e. The maximum Gasteiger partial charge on any atom is 0.472 e. The molecule has 0 aliphatic heterocycles. The van der Waals surface area contributed by atoms with Crippen LogP contribution in [0.4, 0.5) is 0 Å². The zero-order chi connectivity index (χ0) is 44.3. The second-order valence-corrected chi connectivity index (χ2v) is 17.8. The number of quaternary nitrogens is 1. The van der Waals surface area contributed by atoms with Crippen molar-refractivity contribution < 1.29 is 52.0 Å². The Balaban J connectivity index is 2.48. The van der Waals surface area contributed by atoms with Gasteiger partial charge >= 0.3 is 19.8 Å². The lowest BCUT2D eigenvalue weighted by atomic mass is 9.90. The zero-order valence-corrected chi connectivity index (χ0v) is 38.4. The standard InChI is InChI=1S/C48H78NO10P/c1-6-8-10-11-12-13-14-15-16-17-18-19-20-21-22-23-29-33-48(53)59-44(41-58-60(54,55)57-39-38-49(3,4)5)40-56-47(52)32-28-25-24-27-30-42-34-37-46(51)45(42)36-35-43(50)31-26-9-7-2/h8,10,12-13,15-16,18-19,24,27,34-37,42-45,50H,6-7,9,11,14,17,20-23,25-26,28-33,38-41H2,1-5H3/p+1/b10-8-,13-12-,16-15-,19-18-,27-24-,36-35+/t42-,43-,44+,45+/m0/s1. The summed E-state index contributed by atoms with van der Waals surface area (Å²) in [7, 11) is 1.33. The molecule has 0 spiro atoms. The van der Waals surface area contributed by atoms with E-state index in [-0.39, 0.29) is 43.7 Å². The topological polar surface area (TPSA) is 146 Å². The first-order valence-electron chi connectivity index (χ1n) is 22.4. The number of aliphatic hydroxyl groups excluding tert-OH is 1. The van der Waals surface area contributed by atoms with Crippen LogP contribution in [0.3, 0.4) is 0 Å². The average Bonchev–Trinajstić information content (AvgIpc) is 3.55. The number of allylic oxidation sites excluding steroid dienone is 13. The number of nitrogens with zero attached hydrogens (tertiary/aromatic N) is 1. The van der Waals surface area contributed by atoms with Crippen molar-refractivity contribution >= 4 is 25.5 Å². The van der Waals surface area contributed by atoms with Crippen LogP contribution in [0.1, 0.15) is 129 Å². The number of hydrogen-bond donors (Lipinski definition) is 2. The number of esters is 2. The van der Waals surface area contributed by atoms with E-state index in [0.29, 0.717) is 43.1 Å². The molecule has 60 heavy (non-hydrogen) atoms. The third-order valence-corrected chi connectivity index (χ3v) is 10.6. The van der Waals surface area contributed by atoms with E-state index in [1.54, 1.807) is 12.2 Å². The lowest BCUT2D eigenvalue weighted by molar-refractivity contribution is -0.870. The van der Waals surface area contributed by atoms with Gasteiger partial charge in [-0.1, -0.05) is 125 Å². The molecule has 1 aliphatic rings. The molecule has 0 heterocycles. The Morgan fingerprint density at radius 2 is 1.42 bits per heavy atom. The van der Waals surface area contributed by atoms with E-state index in [2.05, 4.69) is 62.5 Å². The first-order valence-corrected chi connectivity index (χ1v) is 23.9. The van der Waals surface area contributed by atoms with Crippen LogP contribution in [-0.4, -0.2) is 91.9 Å². The van der Waals surface area contributed by atoms with Crippen LogP contribution in [0.2, 0.25) is 0 Å². The summed E-state index contributed by atoms with van der Waals surface area (Å²) in [5.74, 6) is -1.20. The van der Waals surface area contributed by atoms with Crippen LogP contribution in [0.5, 0.6) is 0 Å². The first-order chi connectivity index (χ1) is 28.8. The Morgan fingerprint density at radius 3 is 2.10 bits per heavy atom. The number of aliphatic hydroxyl groups is 1. The molecular formula is C48H79NO10P+. The van der Waals surface area contributed by atoms with Gasteiger partial charge in [-0.3, -0.25) is 23.4 Å². The van der Waals surface area contributed by atoms with Gasteiger partial charge in [-0.05, 0) is 82.6 Å². The molecule has 12 heteroatoms. The van der Waals surface area contributed by atoms with E-state index in [0.717, 1.165) is 70.6 Å². The highest BCUT2D eigenvalue weighted by Gasteiger charge is 2.28. The van der Waals surface area contributed by atoms with Crippen LogP contribution >= 0.6 is 7.82 Å². The summed E-state index contributed by atoms with van der Waals surface area (Å²) in [4.78, 5) is 47.9. The number of phosphoric ester groups is 1. The summed E-state index contributed by atoms with van der Waals surface area (Å²) in [6.07, 6.45) is 41.2. The molecule has 0 saturated heterocycles. The Morgan fingerprint density at radius 1 is 0.783 bits per heavy atom. The van der Waals surface area contributed by atoms with Gasteiger partial charge in [0.1, 0.15) is 19.8 Å². The van der Waals surface area contributed by atoms with Gasteiger partial charge in [0, 0.05) is 18.8 Å². The molecule has 1 aliphatic carbocycles. The van der Waals surface area contributed by atoms with E-state index in [9.17, 15) is 28.9 Å². The highest BCUT2D eigenvalue weighted by Crippen LogP contribution is 2.43. The number of carbonyl (C=O) groups excluding carboxylic acids is 3. The number of ketones is 1. The number of carbonyl (C=O) groups is 3. The highest BCUT2D eigenvalue weighted by atomic mass is 31.2. The molecule has 1 unspecified atom stereocenters. The van der Waals surface area contributed by atoms with Crippen molar-refractivity contribution in [2.24, 2.45) is 11.8 Å². The second-order valence-electron chi connectivity index (χ2n) is 16.4. The normalized spacial score (nSPS) is 18.3. The molecule has 5 atom stereocenters. The minimum absolute atomic E-state index is 0.0100.